The Kier molecular flexibility index (Phi) is 5.56. The molecule has 1 N–H and O–H groups in total. The van der Waals surface area contributed by atoms with Crippen molar-refractivity contribution < 1.29 is 19.0 Å². The monoisotopic (exact) mass is 408 g/mol. The summed E-state index contributed by atoms with van der Waals surface area (Å²) in [6.07, 6.45) is 1.65. The zero-order chi connectivity index (χ0) is 17.9. The average Bonchev–Trinajstić information content (AvgIpc) is 2.66. The van der Waals surface area contributed by atoms with E-state index in [9.17, 15) is 4.79 Å². The number of anilines is 1. The molecule has 0 radical (unpaired) electrons. The van der Waals surface area contributed by atoms with Crippen LogP contribution in [0.5, 0.6) is 0 Å². The number of carbonyl (C=O) groups is 1. The van der Waals surface area contributed by atoms with Gasteiger partial charge in [0.05, 0.1) is 18.2 Å². The molecule has 1 fully saturated rings. The number of nitrogens with zero attached hydrogens (tertiary/aromatic N) is 1. The summed E-state index contributed by atoms with van der Waals surface area (Å²) < 4.78 is 17.0. The van der Waals surface area contributed by atoms with Crippen LogP contribution in [-0.2, 0) is 14.2 Å². The number of methoxy groups -OCH3 is 2. The molecule has 0 unspecified atom stereocenters. The van der Waals surface area contributed by atoms with E-state index in [0.717, 1.165) is 33.9 Å². The van der Waals surface area contributed by atoms with Crippen molar-refractivity contribution in [2.24, 2.45) is 0 Å². The summed E-state index contributed by atoms with van der Waals surface area (Å²) in [5, 5.41) is 4.38. The fourth-order valence-electron chi connectivity index (χ4n) is 3.01. The summed E-state index contributed by atoms with van der Waals surface area (Å²) in [5.41, 5.74) is 1.56. The first kappa shape index (κ1) is 18.1. The minimum Gasteiger partial charge on any atom is -0.464 e. The van der Waals surface area contributed by atoms with E-state index in [4.69, 9.17) is 14.2 Å². The van der Waals surface area contributed by atoms with E-state index in [0.29, 0.717) is 19.8 Å². The SMILES string of the molecule is COC(=O)c1cc(NCC2(OC)CCOCC2)c2cc(Br)ccc2n1. The summed E-state index contributed by atoms with van der Waals surface area (Å²) in [6, 6.07) is 7.48. The van der Waals surface area contributed by atoms with Gasteiger partial charge >= 0.3 is 5.97 Å². The van der Waals surface area contributed by atoms with Crippen LogP contribution < -0.4 is 5.32 Å². The van der Waals surface area contributed by atoms with E-state index in [1.807, 2.05) is 18.2 Å². The summed E-state index contributed by atoms with van der Waals surface area (Å²) in [4.78, 5) is 16.3. The first-order valence-corrected chi connectivity index (χ1v) is 8.92. The number of ether oxygens (including phenoxy) is 3. The van der Waals surface area contributed by atoms with Gasteiger partial charge in [-0.3, -0.25) is 0 Å². The Balaban J connectivity index is 1.95. The maximum Gasteiger partial charge on any atom is 0.356 e. The molecule has 0 atom stereocenters. The summed E-state index contributed by atoms with van der Waals surface area (Å²) in [5.74, 6) is -0.458. The molecule has 0 aliphatic carbocycles. The molecule has 7 heteroatoms. The molecule has 6 nitrogen and oxygen atoms in total. The van der Waals surface area contributed by atoms with E-state index in [2.05, 4.69) is 26.2 Å². The van der Waals surface area contributed by atoms with Crippen LogP contribution >= 0.6 is 15.9 Å². The smallest absolute Gasteiger partial charge is 0.356 e. The number of pyridine rings is 1. The third-order valence-corrected chi connectivity index (χ3v) is 5.10. The highest BCUT2D eigenvalue weighted by atomic mass is 79.9. The molecule has 1 aliphatic heterocycles. The van der Waals surface area contributed by atoms with Crippen molar-refractivity contribution in [1.29, 1.82) is 0 Å². The molecule has 2 aromatic rings. The molecule has 0 bridgehead atoms. The highest BCUT2D eigenvalue weighted by Crippen LogP contribution is 2.30. The minimum atomic E-state index is -0.458. The first-order valence-electron chi connectivity index (χ1n) is 8.12. The van der Waals surface area contributed by atoms with Gasteiger partial charge in [-0.15, -0.1) is 0 Å². The molecule has 1 aliphatic rings. The zero-order valence-corrected chi connectivity index (χ0v) is 15.9. The van der Waals surface area contributed by atoms with Crippen molar-refractivity contribution in [3.05, 3.63) is 34.4 Å². The van der Waals surface area contributed by atoms with Gasteiger partial charge in [-0.05, 0) is 24.3 Å². The lowest BCUT2D eigenvalue weighted by Gasteiger charge is -2.36. The fourth-order valence-corrected chi connectivity index (χ4v) is 3.37. The third kappa shape index (κ3) is 3.94. The van der Waals surface area contributed by atoms with E-state index >= 15 is 0 Å². The van der Waals surface area contributed by atoms with E-state index in [1.165, 1.54) is 7.11 Å². The molecule has 134 valence electrons. The Labute approximate surface area is 155 Å². The first-order chi connectivity index (χ1) is 12.1. The number of hydrogen-bond donors (Lipinski definition) is 1. The predicted octanol–water partition coefficient (Wildman–Crippen LogP) is 3.39. The fraction of sp³-hybridized carbons (Fsp3) is 0.444. The molecule has 3 rings (SSSR count). The van der Waals surface area contributed by atoms with Crippen LogP contribution in [0, 0.1) is 0 Å². The van der Waals surface area contributed by atoms with Gasteiger partial charge in [0.25, 0.3) is 0 Å². The van der Waals surface area contributed by atoms with Crippen LogP contribution in [0.15, 0.2) is 28.7 Å². The van der Waals surface area contributed by atoms with Crippen molar-refractivity contribution in [3.63, 3.8) is 0 Å². The van der Waals surface area contributed by atoms with Gasteiger partial charge in [-0.25, -0.2) is 9.78 Å². The quantitative estimate of drug-likeness (QED) is 0.764. The number of hydrogen-bond acceptors (Lipinski definition) is 6. The Morgan fingerprint density at radius 3 is 2.76 bits per heavy atom. The van der Waals surface area contributed by atoms with Crippen LogP contribution in [0.4, 0.5) is 5.69 Å². The number of rotatable bonds is 5. The molecule has 0 saturated carbocycles. The number of nitrogens with one attached hydrogen (secondary N) is 1. The van der Waals surface area contributed by atoms with Gasteiger partial charge in [0.2, 0.25) is 0 Å². The molecule has 1 saturated heterocycles. The minimum absolute atomic E-state index is 0.273. The van der Waals surface area contributed by atoms with Crippen molar-refractivity contribution in [3.8, 4) is 0 Å². The Morgan fingerprint density at radius 1 is 1.32 bits per heavy atom. The lowest BCUT2D eigenvalue weighted by molar-refractivity contribution is -0.0807. The molecule has 1 aromatic heterocycles. The lowest BCUT2D eigenvalue weighted by atomic mass is 9.94. The van der Waals surface area contributed by atoms with Crippen LogP contribution in [0.1, 0.15) is 23.3 Å². The Bertz CT molecular complexity index is 775. The topological polar surface area (TPSA) is 69.7 Å². The van der Waals surface area contributed by atoms with Crippen molar-refractivity contribution in [2.45, 2.75) is 18.4 Å². The van der Waals surface area contributed by atoms with Gasteiger partial charge in [0.15, 0.2) is 5.69 Å². The van der Waals surface area contributed by atoms with Crippen LogP contribution in [0.3, 0.4) is 0 Å². The number of halogens is 1. The van der Waals surface area contributed by atoms with Gasteiger partial charge < -0.3 is 19.5 Å². The van der Waals surface area contributed by atoms with Gasteiger partial charge in [0, 0.05) is 55.3 Å². The standard InChI is InChI=1S/C18H21BrN2O4/c1-23-17(22)16-10-15(13-9-12(19)3-4-14(13)21-16)20-11-18(24-2)5-7-25-8-6-18/h3-4,9-10H,5-8,11H2,1-2H3,(H,20,21). The summed E-state index contributed by atoms with van der Waals surface area (Å²) in [6.45, 7) is 2.00. The van der Waals surface area contributed by atoms with Crippen LogP contribution in [0.2, 0.25) is 0 Å². The van der Waals surface area contributed by atoms with Gasteiger partial charge in [-0.1, -0.05) is 15.9 Å². The van der Waals surface area contributed by atoms with Gasteiger partial charge in [-0.2, -0.15) is 0 Å². The van der Waals surface area contributed by atoms with E-state index in [-0.39, 0.29) is 11.3 Å². The Morgan fingerprint density at radius 2 is 2.08 bits per heavy atom. The molecule has 25 heavy (non-hydrogen) atoms. The predicted molar refractivity (Wildman–Crippen MR) is 99.1 cm³/mol. The largest absolute Gasteiger partial charge is 0.464 e. The normalized spacial score (nSPS) is 16.6. The highest BCUT2D eigenvalue weighted by Gasteiger charge is 2.32. The Hall–Kier alpha value is -1.70. The summed E-state index contributed by atoms with van der Waals surface area (Å²) in [7, 11) is 3.08. The van der Waals surface area contributed by atoms with Gasteiger partial charge in [0.1, 0.15) is 0 Å². The number of benzene rings is 1. The average molecular weight is 409 g/mol. The van der Waals surface area contributed by atoms with Crippen molar-refractivity contribution >= 4 is 38.5 Å². The highest BCUT2D eigenvalue weighted by molar-refractivity contribution is 9.10. The molecule has 0 amide bonds. The van der Waals surface area contributed by atoms with Crippen molar-refractivity contribution in [1.82, 2.24) is 4.98 Å². The zero-order valence-electron chi connectivity index (χ0n) is 14.3. The number of aromatic nitrogens is 1. The lowest BCUT2D eigenvalue weighted by Crippen LogP contribution is -2.44. The maximum atomic E-state index is 11.9. The van der Waals surface area contributed by atoms with Crippen molar-refractivity contribution in [2.75, 3.05) is 39.3 Å². The van der Waals surface area contributed by atoms with E-state index < -0.39 is 5.97 Å². The second-order valence-corrected chi connectivity index (χ2v) is 6.98. The van der Waals surface area contributed by atoms with Crippen LogP contribution in [-0.4, -0.2) is 50.5 Å². The number of carbonyl (C=O) groups excluding carboxylic acids is 1. The number of esters is 1. The summed E-state index contributed by atoms with van der Waals surface area (Å²) >= 11 is 3.49. The van der Waals surface area contributed by atoms with Crippen LogP contribution in [0.25, 0.3) is 10.9 Å². The second-order valence-electron chi connectivity index (χ2n) is 6.06. The molecular weight excluding hydrogens is 388 g/mol. The van der Waals surface area contributed by atoms with E-state index in [1.54, 1.807) is 13.2 Å². The molecular formula is C18H21BrN2O4. The third-order valence-electron chi connectivity index (χ3n) is 4.60. The molecule has 2 heterocycles. The second kappa shape index (κ2) is 7.68. The molecule has 1 aromatic carbocycles. The molecule has 0 spiro atoms. The maximum absolute atomic E-state index is 11.9. The number of fused-ring (bicyclic) bond motifs is 1.